The Morgan fingerprint density at radius 3 is 3.14 bits per heavy atom. The SMILES string of the molecule is Cn1cc(CCCNCC2=Cc3cc(Br)ccc3OC2)cn1. The molecule has 0 saturated carbocycles. The normalized spacial score (nSPS) is 13.5. The predicted molar refractivity (Wildman–Crippen MR) is 92.0 cm³/mol. The van der Waals surface area contributed by atoms with Gasteiger partial charge in [-0.05, 0) is 54.8 Å². The van der Waals surface area contributed by atoms with Gasteiger partial charge in [0, 0.05) is 29.8 Å². The van der Waals surface area contributed by atoms with Crippen molar-refractivity contribution in [3.8, 4) is 5.75 Å². The van der Waals surface area contributed by atoms with Gasteiger partial charge in [-0.25, -0.2) is 0 Å². The minimum absolute atomic E-state index is 0.671. The van der Waals surface area contributed by atoms with Crippen molar-refractivity contribution in [1.82, 2.24) is 15.1 Å². The third kappa shape index (κ3) is 3.99. The van der Waals surface area contributed by atoms with Crippen LogP contribution < -0.4 is 10.1 Å². The summed E-state index contributed by atoms with van der Waals surface area (Å²) < 4.78 is 8.71. The number of nitrogens with one attached hydrogen (secondary N) is 1. The molecule has 1 N–H and O–H groups in total. The Labute approximate surface area is 139 Å². The number of fused-ring (bicyclic) bond motifs is 1. The maximum Gasteiger partial charge on any atom is 0.127 e. The lowest BCUT2D eigenvalue weighted by molar-refractivity contribution is 0.343. The van der Waals surface area contributed by atoms with Gasteiger partial charge in [0.1, 0.15) is 12.4 Å². The first-order chi connectivity index (χ1) is 10.7. The molecule has 0 radical (unpaired) electrons. The number of nitrogens with zero attached hydrogens (tertiary/aromatic N) is 2. The van der Waals surface area contributed by atoms with Crippen LogP contribution in [0.2, 0.25) is 0 Å². The number of aryl methyl sites for hydroxylation is 2. The number of halogens is 1. The molecular formula is C17H20BrN3O. The van der Waals surface area contributed by atoms with Crippen LogP contribution in [0.15, 0.2) is 40.6 Å². The highest BCUT2D eigenvalue weighted by molar-refractivity contribution is 9.10. The molecule has 5 heteroatoms. The van der Waals surface area contributed by atoms with Crippen molar-refractivity contribution in [1.29, 1.82) is 0 Å². The molecule has 0 aliphatic carbocycles. The second-order valence-corrected chi connectivity index (χ2v) is 6.49. The van der Waals surface area contributed by atoms with E-state index in [4.69, 9.17) is 4.74 Å². The van der Waals surface area contributed by atoms with Gasteiger partial charge < -0.3 is 10.1 Å². The maximum absolute atomic E-state index is 5.78. The lowest BCUT2D eigenvalue weighted by Crippen LogP contribution is -2.22. The first kappa shape index (κ1) is 15.3. The van der Waals surface area contributed by atoms with Crippen molar-refractivity contribution in [2.24, 2.45) is 7.05 Å². The topological polar surface area (TPSA) is 39.1 Å². The smallest absolute Gasteiger partial charge is 0.127 e. The Morgan fingerprint density at radius 2 is 2.32 bits per heavy atom. The number of hydrogen-bond donors (Lipinski definition) is 1. The van der Waals surface area contributed by atoms with Crippen molar-refractivity contribution < 1.29 is 4.74 Å². The summed E-state index contributed by atoms with van der Waals surface area (Å²) >= 11 is 3.50. The van der Waals surface area contributed by atoms with Gasteiger partial charge in [0.05, 0.1) is 6.20 Å². The molecular weight excluding hydrogens is 342 g/mol. The number of ether oxygens (including phenoxy) is 1. The van der Waals surface area contributed by atoms with E-state index in [1.165, 1.54) is 11.1 Å². The van der Waals surface area contributed by atoms with Crippen molar-refractivity contribution in [2.45, 2.75) is 12.8 Å². The summed E-state index contributed by atoms with van der Waals surface area (Å²) in [5.74, 6) is 0.962. The van der Waals surface area contributed by atoms with Gasteiger partial charge in [-0.3, -0.25) is 4.68 Å². The number of aromatic nitrogens is 2. The molecule has 1 aliphatic rings. The molecule has 2 heterocycles. The molecule has 2 aromatic rings. The molecule has 1 aromatic heterocycles. The van der Waals surface area contributed by atoms with Crippen molar-refractivity contribution in [3.63, 3.8) is 0 Å². The van der Waals surface area contributed by atoms with Crippen LogP contribution in [0.4, 0.5) is 0 Å². The third-order valence-corrected chi connectivity index (χ3v) is 4.17. The first-order valence-electron chi connectivity index (χ1n) is 7.51. The second-order valence-electron chi connectivity index (χ2n) is 5.58. The van der Waals surface area contributed by atoms with Crippen LogP contribution in [-0.4, -0.2) is 29.5 Å². The highest BCUT2D eigenvalue weighted by Crippen LogP contribution is 2.28. The minimum atomic E-state index is 0.671. The van der Waals surface area contributed by atoms with E-state index >= 15 is 0 Å². The molecule has 0 fully saturated rings. The van der Waals surface area contributed by atoms with Gasteiger partial charge in [0.25, 0.3) is 0 Å². The van der Waals surface area contributed by atoms with E-state index in [9.17, 15) is 0 Å². The van der Waals surface area contributed by atoms with Gasteiger partial charge in [-0.15, -0.1) is 0 Å². The Bertz CT molecular complexity index is 678. The van der Waals surface area contributed by atoms with E-state index in [2.05, 4.69) is 44.7 Å². The Kier molecular flexibility index (Phi) is 4.95. The molecule has 0 spiro atoms. The van der Waals surface area contributed by atoms with E-state index in [1.54, 1.807) is 0 Å². The van der Waals surface area contributed by atoms with Crippen LogP contribution in [-0.2, 0) is 13.5 Å². The van der Waals surface area contributed by atoms with Crippen LogP contribution in [0, 0.1) is 0 Å². The lowest BCUT2D eigenvalue weighted by atomic mass is 10.1. The average molecular weight is 362 g/mol. The molecule has 22 heavy (non-hydrogen) atoms. The molecule has 0 saturated heterocycles. The fourth-order valence-corrected chi connectivity index (χ4v) is 2.94. The highest BCUT2D eigenvalue weighted by Gasteiger charge is 2.11. The van der Waals surface area contributed by atoms with Crippen molar-refractivity contribution >= 4 is 22.0 Å². The van der Waals surface area contributed by atoms with Crippen LogP contribution in [0.3, 0.4) is 0 Å². The zero-order valence-corrected chi connectivity index (χ0v) is 14.3. The molecule has 4 nitrogen and oxygen atoms in total. The quantitative estimate of drug-likeness (QED) is 0.803. The monoisotopic (exact) mass is 361 g/mol. The minimum Gasteiger partial charge on any atom is -0.489 e. The zero-order valence-electron chi connectivity index (χ0n) is 12.7. The third-order valence-electron chi connectivity index (χ3n) is 3.67. The van der Waals surface area contributed by atoms with Crippen LogP contribution in [0.25, 0.3) is 6.08 Å². The summed E-state index contributed by atoms with van der Waals surface area (Å²) in [4.78, 5) is 0. The molecule has 0 bridgehead atoms. The number of hydrogen-bond acceptors (Lipinski definition) is 3. The van der Waals surface area contributed by atoms with Crippen LogP contribution in [0.5, 0.6) is 5.75 Å². The van der Waals surface area contributed by atoms with Gasteiger partial charge in [0.15, 0.2) is 0 Å². The molecule has 116 valence electrons. The summed E-state index contributed by atoms with van der Waals surface area (Å²) in [6.07, 6.45) is 8.41. The van der Waals surface area contributed by atoms with Gasteiger partial charge in [-0.2, -0.15) is 5.10 Å². The van der Waals surface area contributed by atoms with Crippen LogP contribution >= 0.6 is 15.9 Å². The highest BCUT2D eigenvalue weighted by atomic mass is 79.9. The Morgan fingerprint density at radius 1 is 1.41 bits per heavy atom. The largest absolute Gasteiger partial charge is 0.489 e. The second kappa shape index (κ2) is 7.11. The van der Waals surface area contributed by atoms with E-state index < -0.39 is 0 Å². The van der Waals surface area contributed by atoms with Crippen molar-refractivity contribution in [2.75, 3.05) is 19.7 Å². The molecule has 1 aromatic carbocycles. The van der Waals surface area contributed by atoms with E-state index in [-0.39, 0.29) is 0 Å². The standard InChI is InChI=1S/C17H20BrN3O/c1-21-11-13(10-20-21)3-2-6-19-9-14-7-15-8-16(18)4-5-17(15)22-12-14/h4-5,7-8,10-11,19H,2-3,6,9,12H2,1H3. The fraction of sp³-hybridized carbons (Fsp3) is 0.353. The van der Waals surface area contributed by atoms with Crippen molar-refractivity contribution in [3.05, 3.63) is 51.8 Å². The summed E-state index contributed by atoms with van der Waals surface area (Å²) in [7, 11) is 1.95. The maximum atomic E-state index is 5.78. The lowest BCUT2D eigenvalue weighted by Gasteiger charge is -2.18. The van der Waals surface area contributed by atoms with E-state index in [0.717, 1.165) is 41.7 Å². The zero-order chi connectivity index (χ0) is 15.4. The van der Waals surface area contributed by atoms with Gasteiger partial charge >= 0.3 is 0 Å². The van der Waals surface area contributed by atoms with Gasteiger partial charge in [-0.1, -0.05) is 15.9 Å². The Hall–Kier alpha value is -1.59. The summed E-state index contributed by atoms with van der Waals surface area (Å²) in [5.41, 5.74) is 3.73. The average Bonchev–Trinajstić information content (AvgIpc) is 2.92. The summed E-state index contributed by atoms with van der Waals surface area (Å²) in [6, 6.07) is 6.11. The summed E-state index contributed by atoms with van der Waals surface area (Å²) in [5, 5.41) is 7.67. The van der Waals surface area contributed by atoms with Crippen LogP contribution in [0.1, 0.15) is 17.5 Å². The fourth-order valence-electron chi connectivity index (χ4n) is 2.57. The van der Waals surface area contributed by atoms with Gasteiger partial charge in [0.2, 0.25) is 0 Å². The molecule has 0 amide bonds. The molecule has 0 atom stereocenters. The Balaban J connectivity index is 1.44. The molecule has 0 unspecified atom stereocenters. The predicted octanol–water partition coefficient (Wildman–Crippen LogP) is 3.18. The number of benzene rings is 1. The molecule has 3 rings (SSSR count). The van der Waals surface area contributed by atoms with E-state index in [0.29, 0.717) is 6.61 Å². The first-order valence-corrected chi connectivity index (χ1v) is 8.30. The number of rotatable bonds is 6. The molecule has 1 aliphatic heterocycles. The van der Waals surface area contributed by atoms with E-state index in [1.807, 2.05) is 30.1 Å². The summed E-state index contributed by atoms with van der Waals surface area (Å²) in [6.45, 7) is 2.54.